The van der Waals surface area contributed by atoms with E-state index in [-0.39, 0.29) is 0 Å². The third-order valence-corrected chi connectivity index (χ3v) is 10.7. The first-order valence-corrected chi connectivity index (χ1v) is 13.0. The van der Waals surface area contributed by atoms with Gasteiger partial charge in [0.05, 0.1) is 0 Å². The Balaban J connectivity index is 1.69. The summed E-state index contributed by atoms with van der Waals surface area (Å²) in [6.45, 7) is 0. The molecular formula is C18H12N2Se2. The SMILES string of the molecule is c1ccc2c([Se][Se]c3ccnc4ccccc34)ccnc2c1. The molecule has 0 aliphatic rings. The van der Waals surface area contributed by atoms with Crippen molar-refractivity contribution in [3.63, 3.8) is 0 Å². The van der Waals surface area contributed by atoms with Gasteiger partial charge in [-0.1, -0.05) is 0 Å². The molecule has 2 aromatic carbocycles. The van der Waals surface area contributed by atoms with E-state index in [1.165, 1.54) is 19.7 Å². The Morgan fingerprint density at radius 3 is 1.50 bits per heavy atom. The normalized spacial score (nSPS) is 11.1. The predicted octanol–water partition coefficient (Wildman–Crippen LogP) is 2.06. The first kappa shape index (κ1) is 13.9. The van der Waals surface area contributed by atoms with Crippen molar-refractivity contribution in [2.24, 2.45) is 0 Å². The Morgan fingerprint density at radius 2 is 1.00 bits per heavy atom. The van der Waals surface area contributed by atoms with Gasteiger partial charge < -0.3 is 0 Å². The summed E-state index contributed by atoms with van der Waals surface area (Å²) in [7, 11) is 0. The molecule has 4 rings (SSSR count). The van der Waals surface area contributed by atoms with E-state index in [2.05, 4.69) is 58.5 Å². The summed E-state index contributed by atoms with van der Waals surface area (Å²) in [5, 5.41) is 2.59. The van der Waals surface area contributed by atoms with Crippen molar-refractivity contribution in [2.45, 2.75) is 0 Å². The van der Waals surface area contributed by atoms with Crippen molar-refractivity contribution >= 4 is 57.0 Å². The fourth-order valence-electron chi connectivity index (χ4n) is 2.37. The Bertz CT molecular complexity index is 864. The van der Waals surface area contributed by atoms with Crippen LogP contribution in [0, 0.1) is 0 Å². The summed E-state index contributed by atoms with van der Waals surface area (Å²) in [4.78, 5) is 8.91. The van der Waals surface area contributed by atoms with Crippen molar-refractivity contribution in [3.8, 4) is 0 Å². The van der Waals surface area contributed by atoms with Crippen molar-refractivity contribution in [1.82, 2.24) is 9.97 Å². The fourth-order valence-corrected chi connectivity index (χ4v) is 9.47. The summed E-state index contributed by atoms with van der Waals surface area (Å²) >= 11 is 0.888. The van der Waals surface area contributed by atoms with Gasteiger partial charge in [0, 0.05) is 0 Å². The van der Waals surface area contributed by atoms with Crippen LogP contribution < -0.4 is 8.92 Å². The molecule has 0 saturated heterocycles. The molecule has 2 nitrogen and oxygen atoms in total. The number of benzene rings is 2. The average molecular weight is 414 g/mol. The number of rotatable bonds is 3. The van der Waals surface area contributed by atoms with E-state index in [1.807, 2.05) is 24.5 Å². The minimum atomic E-state index is 0.444. The van der Waals surface area contributed by atoms with Crippen LogP contribution in [0.5, 0.6) is 0 Å². The van der Waals surface area contributed by atoms with Crippen LogP contribution in [0.15, 0.2) is 73.1 Å². The Morgan fingerprint density at radius 1 is 0.545 bits per heavy atom. The van der Waals surface area contributed by atoms with Crippen molar-refractivity contribution < 1.29 is 0 Å². The van der Waals surface area contributed by atoms with Gasteiger partial charge in [-0.3, -0.25) is 0 Å². The maximum atomic E-state index is 4.45. The van der Waals surface area contributed by atoms with Gasteiger partial charge in [-0.2, -0.15) is 0 Å². The van der Waals surface area contributed by atoms with Crippen LogP contribution in [0.25, 0.3) is 21.8 Å². The van der Waals surface area contributed by atoms with Crippen LogP contribution in [-0.4, -0.2) is 36.2 Å². The monoisotopic (exact) mass is 416 g/mol. The zero-order chi connectivity index (χ0) is 14.8. The minimum absolute atomic E-state index is 0.444. The number of para-hydroxylation sites is 2. The molecule has 2 aromatic heterocycles. The molecule has 0 radical (unpaired) electrons. The van der Waals surface area contributed by atoms with E-state index in [9.17, 15) is 0 Å². The number of hydrogen-bond donors (Lipinski definition) is 0. The molecule has 0 fully saturated rings. The van der Waals surface area contributed by atoms with Crippen LogP contribution in [0.4, 0.5) is 0 Å². The second-order valence-corrected chi connectivity index (χ2v) is 11.0. The topological polar surface area (TPSA) is 25.8 Å². The molecule has 4 aromatic rings. The van der Waals surface area contributed by atoms with Crippen LogP contribution in [0.2, 0.25) is 0 Å². The Labute approximate surface area is 139 Å². The molecule has 2 heterocycles. The Kier molecular flexibility index (Phi) is 3.92. The molecule has 0 saturated carbocycles. The molecule has 0 aliphatic carbocycles. The maximum absolute atomic E-state index is 4.45. The van der Waals surface area contributed by atoms with Gasteiger partial charge in [0.1, 0.15) is 0 Å². The summed E-state index contributed by atoms with van der Waals surface area (Å²) in [6.07, 6.45) is 3.86. The van der Waals surface area contributed by atoms with Gasteiger partial charge >= 0.3 is 140 Å². The molecule has 0 amide bonds. The summed E-state index contributed by atoms with van der Waals surface area (Å²) in [5.74, 6) is 0. The number of aromatic nitrogens is 2. The van der Waals surface area contributed by atoms with E-state index in [4.69, 9.17) is 0 Å². The first-order valence-electron chi connectivity index (χ1n) is 6.94. The molecule has 106 valence electrons. The van der Waals surface area contributed by atoms with Gasteiger partial charge in [-0.25, -0.2) is 0 Å². The molecule has 22 heavy (non-hydrogen) atoms. The van der Waals surface area contributed by atoms with Crippen molar-refractivity contribution in [1.29, 1.82) is 0 Å². The van der Waals surface area contributed by atoms with Crippen molar-refractivity contribution in [3.05, 3.63) is 73.1 Å². The summed E-state index contributed by atoms with van der Waals surface area (Å²) < 4.78 is 2.89. The van der Waals surface area contributed by atoms with Gasteiger partial charge in [0.15, 0.2) is 0 Å². The zero-order valence-corrected chi connectivity index (χ0v) is 15.1. The average Bonchev–Trinajstić information content (AvgIpc) is 2.60. The van der Waals surface area contributed by atoms with Gasteiger partial charge in [-0.15, -0.1) is 0 Å². The second kappa shape index (κ2) is 6.19. The zero-order valence-electron chi connectivity index (χ0n) is 11.6. The molecule has 0 spiro atoms. The molecular weight excluding hydrogens is 402 g/mol. The quantitative estimate of drug-likeness (QED) is 0.480. The van der Waals surface area contributed by atoms with Crippen LogP contribution in [0.3, 0.4) is 0 Å². The van der Waals surface area contributed by atoms with Crippen LogP contribution >= 0.6 is 0 Å². The molecule has 0 N–H and O–H groups in total. The summed E-state index contributed by atoms with van der Waals surface area (Å²) in [5.41, 5.74) is 2.19. The third-order valence-electron chi connectivity index (χ3n) is 3.44. The number of pyridine rings is 2. The number of hydrogen-bond acceptors (Lipinski definition) is 2. The number of nitrogens with zero attached hydrogens (tertiary/aromatic N) is 2. The standard InChI is InChI=1S/C18H12N2Se2/c1-3-7-15-13(5-1)17(9-11-19-15)21-22-18-10-12-20-16-8-4-2-6-14(16)18/h1-12H. The third kappa shape index (κ3) is 2.67. The first-order chi connectivity index (χ1) is 10.9. The molecule has 0 bridgehead atoms. The van der Waals surface area contributed by atoms with Gasteiger partial charge in [0.2, 0.25) is 0 Å². The van der Waals surface area contributed by atoms with Crippen LogP contribution in [-0.2, 0) is 0 Å². The van der Waals surface area contributed by atoms with Gasteiger partial charge in [-0.05, 0) is 0 Å². The summed E-state index contributed by atoms with van der Waals surface area (Å²) in [6, 6.07) is 21.2. The van der Waals surface area contributed by atoms with Gasteiger partial charge in [0.25, 0.3) is 0 Å². The van der Waals surface area contributed by atoms with E-state index in [1.54, 1.807) is 0 Å². The van der Waals surface area contributed by atoms with E-state index in [0.29, 0.717) is 26.3 Å². The molecule has 4 heteroatoms. The fraction of sp³-hybridized carbons (Fsp3) is 0. The van der Waals surface area contributed by atoms with E-state index in [0.717, 1.165) is 11.0 Å². The Hall–Kier alpha value is -1.70. The molecule has 0 aliphatic heterocycles. The molecule has 0 atom stereocenters. The number of fused-ring (bicyclic) bond motifs is 2. The van der Waals surface area contributed by atoms with E-state index >= 15 is 0 Å². The van der Waals surface area contributed by atoms with Crippen LogP contribution in [0.1, 0.15) is 0 Å². The molecule has 0 unspecified atom stereocenters. The predicted molar refractivity (Wildman–Crippen MR) is 94.3 cm³/mol. The van der Waals surface area contributed by atoms with Crippen molar-refractivity contribution in [2.75, 3.05) is 0 Å². The van der Waals surface area contributed by atoms with E-state index < -0.39 is 0 Å². The second-order valence-electron chi connectivity index (χ2n) is 4.82.